The Morgan fingerprint density at radius 3 is 1.58 bits per heavy atom. The molecule has 0 amide bonds. The number of hydrogen-bond acceptors (Lipinski definition) is 9. The zero-order valence-electron chi connectivity index (χ0n) is 33.5. The fourth-order valence-electron chi connectivity index (χ4n) is 6.17. The second-order valence-electron chi connectivity index (χ2n) is 14.3. The number of aliphatic hydroxyl groups is 2. The maximum Gasteiger partial charge on any atom is 0.330 e. The van der Waals surface area contributed by atoms with Crippen LogP contribution in [0.5, 0.6) is 0 Å². The minimum atomic E-state index is -0.659. The van der Waals surface area contributed by atoms with Crippen LogP contribution in [0.1, 0.15) is 187 Å². The summed E-state index contributed by atoms with van der Waals surface area (Å²) in [6, 6.07) is 0. The molecular weight excluding hydrogens is 660 g/mol. The zero-order valence-corrected chi connectivity index (χ0v) is 33.5. The van der Waals surface area contributed by atoms with Crippen LogP contribution in [0, 0.1) is 0 Å². The molecule has 0 saturated heterocycles. The number of ether oxygens (including phenoxy) is 4. The van der Waals surface area contributed by atoms with E-state index in [4.69, 9.17) is 18.9 Å². The van der Waals surface area contributed by atoms with E-state index in [2.05, 4.69) is 26.5 Å². The summed E-state index contributed by atoms with van der Waals surface area (Å²) in [5.41, 5.74) is 0. The average Bonchev–Trinajstić information content (AvgIpc) is 3.14. The molecule has 0 aliphatic rings. The van der Waals surface area contributed by atoms with Crippen LogP contribution < -0.4 is 0 Å². The van der Waals surface area contributed by atoms with Gasteiger partial charge in [0.1, 0.15) is 12.2 Å². The van der Waals surface area contributed by atoms with Gasteiger partial charge in [-0.05, 0) is 51.4 Å². The highest BCUT2D eigenvalue weighted by molar-refractivity contribution is 5.81. The van der Waals surface area contributed by atoms with Crippen LogP contribution in [-0.2, 0) is 33.3 Å². The van der Waals surface area contributed by atoms with Crippen molar-refractivity contribution in [2.75, 3.05) is 20.3 Å². The molecule has 9 heteroatoms. The maximum absolute atomic E-state index is 12.1. The number of allylic oxidation sites excluding steroid dienone is 1. The molecule has 0 heterocycles. The number of unbranched alkanes of at least 4 members (excludes halogenated alkanes) is 17. The monoisotopic (exact) mass is 739 g/mol. The number of carbonyl (C=O) groups excluding carboxylic acids is 3. The maximum atomic E-state index is 12.1. The molecule has 0 bridgehead atoms. The van der Waals surface area contributed by atoms with Gasteiger partial charge in [-0.3, -0.25) is 9.59 Å². The third-order valence-corrected chi connectivity index (χ3v) is 9.48. The molecule has 0 rings (SSSR count). The van der Waals surface area contributed by atoms with E-state index < -0.39 is 24.3 Å². The Bertz CT molecular complexity index is 890. The molecular formula is C43H78O9. The molecule has 0 radical (unpaired) electrons. The summed E-state index contributed by atoms with van der Waals surface area (Å²) in [5.74, 6) is -0.952. The van der Waals surface area contributed by atoms with E-state index >= 15 is 0 Å². The Morgan fingerprint density at radius 1 is 0.596 bits per heavy atom. The van der Waals surface area contributed by atoms with E-state index in [1.54, 1.807) is 7.11 Å². The molecule has 0 spiro atoms. The molecule has 4 unspecified atom stereocenters. The normalized spacial score (nSPS) is 13.8. The second-order valence-corrected chi connectivity index (χ2v) is 14.3. The van der Waals surface area contributed by atoms with Crippen LogP contribution >= 0.6 is 0 Å². The van der Waals surface area contributed by atoms with Crippen molar-refractivity contribution in [1.82, 2.24) is 0 Å². The summed E-state index contributed by atoms with van der Waals surface area (Å²) in [6.45, 7) is 8.35. The minimum absolute atomic E-state index is 0.219. The molecule has 0 fully saturated rings. The Morgan fingerprint density at radius 2 is 1.06 bits per heavy atom. The number of esters is 3. The fraction of sp³-hybridized carbons (Fsp3) is 0.837. The molecule has 52 heavy (non-hydrogen) atoms. The van der Waals surface area contributed by atoms with Gasteiger partial charge in [-0.2, -0.15) is 0 Å². The van der Waals surface area contributed by atoms with E-state index in [-0.39, 0.29) is 31.3 Å². The smallest absolute Gasteiger partial charge is 0.330 e. The quantitative estimate of drug-likeness (QED) is 0.0209. The van der Waals surface area contributed by atoms with Crippen LogP contribution in [0.3, 0.4) is 0 Å². The molecule has 4 atom stereocenters. The first-order valence-corrected chi connectivity index (χ1v) is 21.0. The first-order valence-electron chi connectivity index (χ1n) is 21.0. The molecule has 0 aromatic heterocycles. The molecule has 0 aromatic rings. The second kappa shape index (κ2) is 37.1. The first kappa shape index (κ1) is 49.8. The summed E-state index contributed by atoms with van der Waals surface area (Å²) in [5, 5.41) is 21.1. The Balaban J connectivity index is 3.82. The van der Waals surface area contributed by atoms with Crippen molar-refractivity contribution in [3.05, 3.63) is 24.8 Å². The van der Waals surface area contributed by atoms with Gasteiger partial charge in [0.05, 0.1) is 25.4 Å². The number of methoxy groups -OCH3 is 1. The summed E-state index contributed by atoms with van der Waals surface area (Å²) >= 11 is 0. The first-order chi connectivity index (χ1) is 25.3. The lowest BCUT2D eigenvalue weighted by molar-refractivity contribution is -0.150. The Hall–Kier alpha value is -2.23. The minimum Gasteiger partial charge on any atom is -0.466 e. The van der Waals surface area contributed by atoms with E-state index in [0.29, 0.717) is 38.5 Å². The standard InChI is InChI=1S/C43H78O9/c1-5-8-10-12-16-23-30-38(45)40(52-41(46)7-3)32-25-19-15-21-27-34-43(48)51-36-28-35-50-42(47)33-26-20-14-17-22-29-37(44)39(49-4)31-24-18-13-11-9-6-2/h7,24,31,37-40,44-45H,3,5-6,8-23,25-30,32-36H2,1-2,4H3/b31-24+. The lowest BCUT2D eigenvalue weighted by atomic mass is 9.99. The topological polar surface area (TPSA) is 129 Å². The Kier molecular flexibility index (Phi) is 35.5. The van der Waals surface area contributed by atoms with Crippen molar-refractivity contribution < 1.29 is 43.5 Å². The SMILES string of the molecule is C=CC(=O)OC(CCCCCCCC(=O)OCCCOC(=O)CCCCCCCC(O)C(/C=C/CCCCCC)OC)C(O)CCCCCCCC. The van der Waals surface area contributed by atoms with Crippen LogP contribution in [-0.4, -0.2) is 72.9 Å². The van der Waals surface area contributed by atoms with Crippen LogP contribution in [0.25, 0.3) is 0 Å². The molecule has 2 N–H and O–H groups in total. The van der Waals surface area contributed by atoms with Crippen LogP contribution in [0.4, 0.5) is 0 Å². The predicted molar refractivity (Wildman–Crippen MR) is 210 cm³/mol. The van der Waals surface area contributed by atoms with Crippen LogP contribution in [0.15, 0.2) is 24.8 Å². The Labute approximate surface area is 317 Å². The van der Waals surface area contributed by atoms with Crippen molar-refractivity contribution >= 4 is 17.9 Å². The van der Waals surface area contributed by atoms with Crippen molar-refractivity contribution in [2.45, 2.75) is 212 Å². The third-order valence-electron chi connectivity index (χ3n) is 9.48. The molecule has 0 aromatic carbocycles. The highest BCUT2D eigenvalue weighted by Gasteiger charge is 2.22. The van der Waals surface area contributed by atoms with Gasteiger partial charge in [0.25, 0.3) is 0 Å². The number of carbonyl (C=O) groups is 3. The van der Waals surface area contributed by atoms with E-state index in [1.165, 1.54) is 51.4 Å². The molecule has 9 nitrogen and oxygen atoms in total. The fourth-order valence-corrected chi connectivity index (χ4v) is 6.17. The van der Waals surface area contributed by atoms with Gasteiger partial charge in [0.15, 0.2) is 0 Å². The lowest BCUT2D eigenvalue weighted by Gasteiger charge is -2.23. The van der Waals surface area contributed by atoms with Crippen molar-refractivity contribution in [3.63, 3.8) is 0 Å². The van der Waals surface area contributed by atoms with Gasteiger partial charge < -0.3 is 29.2 Å². The zero-order chi connectivity index (χ0) is 38.5. The van der Waals surface area contributed by atoms with Gasteiger partial charge >= 0.3 is 17.9 Å². The number of rotatable bonds is 38. The summed E-state index contributed by atoms with van der Waals surface area (Å²) in [7, 11) is 1.64. The van der Waals surface area contributed by atoms with E-state index in [1.807, 2.05) is 6.08 Å². The molecule has 304 valence electrons. The summed E-state index contributed by atoms with van der Waals surface area (Å²) in [4.78, 5) is 35.9. The van der Waals surface area contributed by atoms with Gasteiger partial charge in [-0.25, -0.2) is 4.79 Å². The van der Waals surface area contributed by atoms with Gasteiger partial charge in [-0.15, -0.1) is 0 Å². The van der Waals surface area contributed by atoms with Gasteiger partial charge in [0.2, 0.25) is 0 Å². The summed E-state index contributed by atoms with van der Waals surface area (Å²) in [6.07, 6.45) is 28.4. The lowest BCUT2D eigenvalue weighted by Crippen LogP contribution is -2.31. The average molecular weight is 739 g/mol. The van der Waals surface area contributed by atoms with Crippen LogP contribution in [0.2, 0.25) is 0 Å². The molecule has 0 aliphatic heterocycles. The van der Waals surface area contributed by atoms with Gasteiger partial charge in [0, 0.05) is 32.4 Å². The highest BCUT2D eigenvalue weighted by Crippen LogP contribution is 2.19. The molecule has 0 saturated carbocycles. The van der Waals surface area contributed by atoms with Gasteiger partial charge in [-0.1, -0.05) is 135 Å². The predicted octanol–water partition coefficient (Wildman–Crippen LogP) is 10.0. The van der Waals surface area contributed by atoms with E-state index in [0.717, 1.165) is 89.5 Å². The molecule has 0 aliphatic carbocycles. The van der Waals surface area contributed by atoms with E-state index in [9.17, 15) is 24.6 Å². The highest BCUT2D eigenvalue weighted by atomic mass is 16.6. The van der Waals surface area contributed by atoms with Crippen molar-refractivity contribution in [3.8, 4) is 0 Å². The number of aliphatic hydroxyl groups excluding tert-OH is 2. The summed E-state index contributed by atoms with van der Waals surface area (Å²) < 4.78 is 21.5. The van der Waals surface area contributed by atoms with Crippen molar-refractivity contribution in [1.29, 1.82) is 0 Å². The largest absolute Gasteiger partial charge is 0.466 e. The third kappa shape index (κ3) is 31.3. The van der Waals surface area contributed by atoms with Crippen molar-refractivity contribution in [2.24, 2.45) is 0 Å². The number of hydrogen-bond donors (Lipinski definition) is 2.